The quantitative estimate of drug-likeness (QED) is 0.298. The lowest BCUT2D eigenvalue weighted by molar-refractivity contribution is 0.302. The Kier molecular flexibility index (Phi) is 6.41. The molecule has 0 saturated heterocycles. The van der Waals surface area contributed by atoms with E-state index in [0.717, 1.165) is 41.3 Å². The summed E-state index contributed by atoms with van der Waals surface area (Å²) in [5, 5.41) is 6.98. The maximum Gasteiger partial charge on any atom is 0.231 e. The molecule has 1 aliphatic rings. The molecule has 0 unspecified atom stereocenters. The normalized spacial score (nSPS) is 14.5. The van der Waals surface area contributed by atoms with Crippen molar-refractivity contribution < 1.29 is 4.74 Å². The van der Waals surface area contributed by atoms with Gasteiger partial charge in [0, 0.05) is 30.7 Å². The van der Waals surface area contributed by atoms with Gasteiger partial charge in [-0.05, 0) is 62.1 Å². The smallest absolute Gasteiger partial charge is 0.231 e. The minimum atomic E-state index is 0.448. The van der Waals surface area contributed by atoms with E-state index in [0.29, 0.717) is 24.2 Å². The predicted octanol–water partition coefficient (Wildman–Crippen LogP) is 5.42. The van der Waals surface area contributed by atoms with E-state index in [-0.39, 0.29) is 0 Å². The standard InChI is InChI=1S/C25H31N7O/c1-18-16-20(33-15-7-14-32-12-5-6-13-32)10-11-21(18)29-25-30-23-22(26-17-27-23)24(31-25)28-19-8-3-2-4-9-19/h5-6,10-13,16-17,19H,2-4,7-9,14-15H2,1H3,(H3,26,27,28,29,30,31). The zero-order valence-electron chi connectivity index (χ0n) is 19.1. The third-order valence-electron chi connectivity index (χ3n) is 6.17. The zero-order chi connectivity index (χ0) is 22.5. The number of benzene rings is 1. The molecule has 3 aromatic heterocycles. The predicted molar refractivity (Wildman–Crippen MR) is 131 cm³/mol. The van der Waals surface area contributed by atoms with E-state index in [9.17, 15) is 0 Å². The van der Waals surface area contributed by atoms with Gasteiger partial charge in [0.05, 0.1) is 12.9 Å². The number of H-pyrrole nitrogens is 1. The SMILES string of the molecule is Cc1cc(OCCCn2cccc2)ccc1Nc1nc(NC2CCCCC2)c2[nH]cnc2n1. The molecule has 5 rings (SSSR count). The Bertz CT molecular complexity index is 1180. The molecule has 0 amide bonds. The second-order valence-electron chi connectivity index (χ2n) is 8.70. The highest BCUT2D eigenvalue weighted by Crippen LogP contribution is 2.28. The second kappa shape index (κ2) is 9.94. The fourth-order valence-corrected chi connectivity index (χ4v) is 4.38. The molecule has 0 atom stereocenters. The first-order valence-corrected chi connectivity index (χ1v) is 11.8. The van der Waals surface area contributed by atoms with Gasteiger partial charge in [-0.3, -0.25) is 0 Å². The number of ether oxygens (including phenoxy) is 1. The van der Waals surface area contributed by atoms with Crippen LogP contribution < -0.4 is 15.4 Å². The van der Waals surface area contributed by atoms with Crippen LogP contribution >= 0.6 is 0 Å². The topological polar surface area (TPSA) is 92.7 Å². The number of hydrogen-bond donors (Lipinski definition) is 3. The average molecular weight is 446 g/mol. The number of nitrogens with zero attached hydrogens (tertiary/aromatic N) is 4. The van der Waals surface area contributed by atoms with E-state index in [2.05, 4.69) is 49.5 Å². The van der Waals surface area contributed by atoms with Gasteiger partial charge in [0.1, 0.15) is 11.3 Å². The first kappa shape index (κ1) is 21.3. The lowest BCUT2D eigenvalue weighted by Crippen LogP contribution is -2.23. The Morgan fingerprint density at radius 1 is 1.12 bits per heavy atom. The summed E-state index contributed by atoms with van der Waals surface area (Å²) in [7, 11) is 0. The van der Waals surface area contributed by atoms with Crippen LogP contribution in [0.1, 0.15) is 44.1 Å². The summed E-state index contributed by atoms with van der Waals surface area (Å²) >= 11 is 0. The summed E-state index contributed by atoms with van der Waals surface area (Å²) in [4.78, 5) is 16.9. The molecule has 3 N–H and O–H groups in total. The lowest BCUT2D eigenvalue weighted by Gasteiger charge is -2.23. The molecule has 1 aliphatic carbocycles. The van der Waals surface area contributed by atoms with Crippen molar-refractivity contribution in [2.24, 2.45) is 0 Å². The summed E-state index contributed by atoms with van der Waals surface area (Å²) < 4.78 is 8.11. The summed E-state index contributed by atoms with van der Waals surface area (Å²) in [5.41, 5.74) is 3.54. The van der Waals surface area contributed by atoms with Crippen LogP contribution in [0.5, 0.6) is 5.75 Å². The van der Waals surface area contributed by atoms with Gasteiger partial charge in [-0.15, -0.1) is 0 Å². The summed E-state index contributed by atoms with van der Waals surface area (Å²) in [6.07, 6.45) is 13.0. The minimum Gasteiger partial charge on any atom is -0.494 e. The molecule has 0 radical (unpaired) electrons. The molecule has 8 nitrogen and oxygen atoms in total. The van der Waals surface area contributed by atoms with Gasteiger partial charge in [-0.2, -0.15) is 9.97 Å². The first-order chi connectivity index (χ1) is 16.2. The van der Waals surface area contributed by atoms with E-state index < -0.39 is 0 Å². The van der Waals surface area contributed by atoms with Gasteiger partial charge in [-0.25, -0.2) is 4.98 Å². The Hall–Kier alpha value is -3.55. The molecule has 0 spiro atoms. The molecule has 1 fully saturated rings. The molecule has 1 saturated carbocycles. The molecule has 33 heavy (non-hydrogen) atoms. The Balaban J connectivity index is 1.25. The van der Waals surface area contributed by atoms with Gasteiger partial charge >= 0.3 is 0 Å². The van der Waals surface area contributed by atoms with Crippen LogP contribution in [0.3, 0.4) is 0 Å². The van der Waals surface area contributed by atoms with Gasteiger partial charge in [0.2, 0.25) is 5.95 Å². The molecule has 1 aromatic carbocycles. The number of hydrogen-bond acceptors (Lipinski definition) is 6. The maximum atomic E-state index is 5.94. The summed E-state index contributed by atoms with van der Waals surface area (Å²) in [6.45, 7) is 3.69. The van der Waals surface area contributed by atoms with Crippen molar-refractivity contribution >= 4 is 28.6 Å². The van der Waals surface area contributed by atoms with E-state index in [1.54, 1.807) is 6.33 Å². The third kappa shape index (κ3) is 5.27. The van der Waals surface area contributed by atoms with Gasteiger partial charge in [0.25, 0.3) is 0 Å². The number of aromatic amines is 1. The Morgan fingerprint density at radius 2 is 1.97 bits per heavy atom. The second-order valence-corrected chi connectivity index (χ2v) is 8.70. The van der Waals surface area contributed by atoms with E-state index >= 15 is 0 Å². The largest absolute Gasteiger partial charge is 0.494 e. The zero-order valence-corrected chi connectivity index (χ0v) is 19.1. The van der Waals surface area contributed by atoms with Crippen molar-refractivity contribution in [3.8, 4) is 5.75 Å². The van der Waals surface area contributed by atoms with Gasteiger partial charge < -0.3 is 24.9 Å². The average Bonchev–Trinajstić information content (AvgIpc) is 3.51. The minimum absolute atomic E-state index is 0.448. The fraction of sp³-hybridized carbons (Fsp3) is 0.400. The first-order valence-electron chi connectivity index (χ1n) is 11.8. The number of aryl methyl sites for hydroxylation is 2. The lowest BCUT2D eigenvalue weighted by atomic mass is 9.95. The van der Waals surface area contributed by atoms with Crippen molar-refractivity contribution in [1.29, 1.82) is 0 Å². The maximum absolute atomic E-state index is 5.94. The van der Waals surface area contributed by atoms with Crippen molar-refractivity contribution in [2.75, 3.05) is 17.2 Å². The fourth-order valence-electron chi connectivity index (χ4n) is 4.38. The molecule has 3 heterocycles. The molecular formula is C25H31N7O. The molecule has 0 bridgehead atoms. The summed E-state index contributed by atoms with van der Waals surface area (Å²) in [6, 6.07) is 10.6. The van der Waals surface area contributed by atoms with Crippen LogP contribution in [-0.4, -0.2) is 37.2 Å². The monoisotopic (exact) mass is 445 g/mol. The van der Waals surface area contributed by atoms with Crippen molar-refractivity contribution in [3.63, 3.8) is 0 Å². The number of anilines is 3. The molecule has 172 valence electrons. The highest BCUT2D eigenvalue weighted by Gasteiger charge is 2.17. The van der Waals surface area contributed by atoms with Crippen LogP contribution in [0.15, 0.2) is 49.1 Å². The van der Waals surface area contributed by atoms with Crippen molar-refractivity contribution in [1.82, 2.24) is 24.5 Å². The Morgan fingerprint density at radius 3 is 2.79 bits per heavy atom. The van der Waals surface area contributed by atoms with Crippen LogP contribution in [-0.2, 0) is 6.54 Å². The molecule has 0 aliphatic heterocycles. The van der Waals surface area contributed by atoms with Crippen LogP contribution in [0, 0.1) is 6.92 Å². The number of aromatic nitrogens is 5. The van der Waals surface area contributed by atoms with Crippen molar-refractivity contribution in [3.05, 3.63) is 54.6 Å². The highest BCUT2D eigenvalue weighted by molar-refractivity contribution is 5.84. The van der Waals surface area contributed by atoms with Crippen LogP contribution in [0.25, 0.3) is 11.2 Å². The van der Waals surface area contributed by atoms with Crippen LogP contribution in [0.2, 0.25) is 0 Å². The van der Waals surface area contributed by atoms with Gasteiger partial charge in [-0.1, -0.05) is 19.3 Å². The van der Waals surface area contributed by atoms with E-state index in [1.807, 2.05) is 30.3 Å². The number of fused-ring (bicyclic) bond motifs is 1. The van der Waals surface area contributed by atoms with Gasteiger partial charge in [0.15, 0.2) is 11.5 Å². The molecular weight excluding hydrogens is 414 g/mol. The Labute approximate surface area is 193 Å². The van der Waals surface area contributed by atoms with Crippen LogP contribution in [0.4, 0.5) is 17.5 Å². The van der Waals surface area contributed by atoms with E-state index in [4.69, 9.17) is 9.72 Å². The number of imidazole rings is 1. The number of rotatable bonds is 9. The van der Waals surface area contributed by atoms with E-state index in [1.165, 1.54) is 32.1 Å². The third-order valence-corrected chi connectivity index (χ3v) is 6.17. The number of nitrogens with one attached hydrogen (secondary N) is 3. The van der Waals surface area contributed by atoms with Crippen molar-refractivity contribution in [2.45, 2.75) is 58.0 Å². The summed E-state index contributed by atoms with van der Waals surface area (Å²) in [5.74, 6) is 2.22. The highest BCUT2D eigenvalue weighted by atomic mass is 16.5. The molecule has 4 aromatic rings. The molecule has 8 heteroatoms.